The van der Waals surface area contributed by atoms with Crippen LogP contribution in [0.25, 0.3) is 0 Å². The molecule has 0 unspecified atom stereocenters. The van der Waals surface area contributed by atoms with E-state index in [2.05, 4.69) is 10.6 Å². The van der Waals surface area contributed by atoms with Gasteiger partial charge in [-0.15, -0.1) is 0 Å². The number of amides is 2. The zero-order valence-corrected chi connectivity index (χ0v) is 20.1. The van der Waals surface area contributed by atoms with Crippen molar-refractivity contribution in [3.8, 4) is 0 Å². The van der Waals surface area contributed by atoms with E-state index in [1.807, 2.05) is 49.4 Å². The summed E-state index contributed by atoms with van der Waals surface area (Å²) in [4.78, 5) is 25.3. The van der Waals surface area contributed by atoms with Gasteiger partial charge in [0.15, 0.2) is 0 Å². The van der Waals surface area contributed by atoms with Crippen molar-refractivity contribution in [1.82, 2.24) is 5.32 Å². The second kappa shape index (κ2) is 11.5. The van der Waals surface area contributed by atoms with Gasteiger partial charge in [-0.3, -0.25) is 13.9 Å². The van der Waals surface area contributed by atoms with Gasteiger partial charge in [-0.1, -0.05) is 60.7 Å². The van der Waals surface area contributed by atoms with E-state index in [1.165, 1.54) is 4.31 Å². The lowest BCUT2D eigenvalue weighted by Crippen LogP contribution is -2.32. The Labute approximate surface area is 200 Å². The molecule has 0 atom stereocenters. The van der Waals surface area contributed by atoms with Crippen LogP contribution in [0.15, 0.2) is 78.9 Å². The molecular formula is C26H29N3O4S. The highest BCUT2D eigenvalue weighted by molar-refractivity contribution is 7.92. The lowest BCUT2D eigenvalue weighted by molar-refractivity contribution is -0.116. The van der Waals surface area contributed by atoms with Gasteiger partial charge in [0.05, 0.1) is 23.2 Å². The molecule has 178 valence electrons. The van der Waals surface area contributed by atoms with E-state index in [1.54, 1.807) is 36.4 Å². The fourth-order valence-corrected chi connectivity index (χ4v) is 4.59. The number of aryl methyl sites for hydroxylation is 1. The highest BCUT2D eigenvalue weighted by Crippen LogP contribution is 2.23. The topological polar surface area (TPSA) is 95.6 Å². The molecule has 0 aliphatic heterocycles. The fourth-order valence-electron chi connectivity index (χ4n) is 3.57. The first-order valence-corrected chi connectivity index (χ1v) is 12.8. The summed E-state index contributed by atoms with van der Waals surface area (Å²) in [5, 5.41) is 5.65. The SMILES string of the molecule is Cc1ccccc1N(CCCC(=O)Nc1ccccc1C(=O)NCc1ccccc1)S(C)(=O)=O. The number of sulfonamides is 1. The maximum atomic E-state index is 12.7. The van der Waals surface area contributed by atoms with Crippen LogP contribution in [0.3, 0.4) is 0 Å². The van der Waals surface area contributed by atoms with Crippen LogP contribution in [-0.4, -0.2) is 33.0 Å². The number of para-hydroxylation sites is 2. The highest BCUT2D eigenvalue weighted by atomic mass is 32.2. The number of benzene rings is 3. The van der Waals surface area contributed by atoms with Crippen molar-refractivity contribution in [2.45, 2.75) is 26.3 Å². The molecule has 3 rings (SSSR count). The lowest BCUT2D eigenvalue weighted by Gasteiger charge is -2.24. The van der Waals surface area contributed by atoms with Crippen LogP contribution in [0.1, 0.15) is 34.3 Å². The predicted molar refractivity (Wildman–Crippen MR) is 135 cm³/mol. The number of carbonyl (C=O) groups excluding carboxylic acids is 2. The molecule has 0 aliphatic carbocycles. The average molecular weight is 480 g/mol. The maximum absolute atomic E-state index is 12.7. The summed E-state index contributed by atoms with van der Waals surface area (Å²) < 4.78 is 26.0. The summed E-state index contributed by atoms with van der Waals surface area (Å²) in [6.45, 7) is 2.40. The minimum atomic E-state index is -3.50. The number of hydrogen-bond acceptors (Lipinski definition) is 4. The molecule has 0 saturated carbocycles. The molecule has 7 nitrogen and oxygen atoms in total. The van der Waals surface area contributed by atoms with Gasteiger partial charge in [0.2, 0.25) is 15.9 Å². The van der Waals surface area contributed by atoms with Gasteiger partial charge in [0, 0.05) is 19.5 Å². The summed E-state index contributed by atoms with van der Waals surface area (Å²) in [6, 6.07) is 23.6. The molecule has 2 amide bonds. The summed E-state index contributed by atoms with van der Waals surface area (Å²) in [5.41, 5.74) is 3.20. The highest BCUT2D eigenvalue weighted by Gasteiger charge is 2.19. The Hall–Kier alpha value is -3.65. The molecule has 0 spiro atoms. The van der Waals surface area contributed by atoms with E-state index in [9.17, 15) is 18.0 Å². The molecule has 2 N–H and O–H groups in total. The third-order valence-corrected chi connectivity index (χ3v) is 6.47. The van der Waals surface area contributed by atoms with Gasteiger partial charge in [-0.2, -0.15) is 0 Å². The number of rotatable bonds is 10. The Morgan fingerprint density at radius 3 is 2.24 bits per heavy atom. The van der Waals surface area contributed by atoms with Crippen molar-refractivity contribution in [2.75, 3.05) is 22.4 Å². The van der Waals surface area contributed by atoms with Crippen molar-refractivity contribution in [3.05, 3.63) is 95.6 Å². The molecule has 0 fully saturated rings. The first-order valence-electron chi connectivity index (χ1n) is 11.0. The van der Waals surface area contributed by atoms with Gasteiger partial charge in [-0.05, 0) is 42.7 Å². The minimum absolute atomic E-state index is 0.109. The Morgan fingerprint density at radius 1 is 0.882 bits per heavy atom. The summed E-state index contributed by atoms with van der Waals surface area (Å²) in [7, 11) is -3.50. The number of anilines is 2. The van der Waals surface area contributed by atoms with Crippen molar-refractivity contribution in [2.24, 2.45) is 0 Å². The van der Waals surface area contributed by atoms with Gasteiger partial charge in [0.25, 0.3) is 5.91 Å². The normalized spacial score (nSPS) is 11.0. The van der Waals surface area contributed by atoms with Crippen LogP contribution in [0.2, 0.25) is 0 Å². The van der Waals surface area contributed by atoms with E-state index in [-0.39, 0.29) is 24.8 Å². The maximum Gasteiger partial charge on any atom is 0.253 e. The van der Waals surface area contributed by atoms with Crippen LogP contribution >= 0.6 is 0 Å². The quantitative estimate of drug-likeness (QED) is 0.457. The molecule has 8 heteroatoms. The van der Waals surface area contributed by atoms with Crippen molar-refractivity contribution in [1.29, 1.82) is 0 Å². The Morgan fingerprint density at radius 2 is 1.53 bits per heavy atom. The van der Waals surface area contributed by atoms with E-state index >= 15 is 0 Å². The molecule has 0 saturated heterocycles. The molecule has 34 heavy (non-hydrogen) atoms. The standard InChI is InChI=1S/C26H29N3O4S/c1-20-11-6-9-16-24(20)29(34(2,32)33)18-10-17-25(30)28-23-15-8-7-14-22(23)26(31)27-19-21-12-4-3-5-13-21/h3-9,11-16H,10,17-19H2,1-2H3,(H,27,31)(H,28,30). The zero-order chi connectivity index (χ0) is 24.6. The second-order valence-corrected chi connectivity index (χ2v) is 9.89. The summed E-state index contributed by atoms with van der Waals surface area (Å²) >= 11 is 0. The molecule has 0 bridgehead atoms. The van der Waals surface area contributed by atoms with E-state index < -0.39 is 10.0 Å². The molecule has 0 aliphatic rings. The van der Waals surface area contributed by atoms with Crippen molar-refractivity contribution < 1.29 is 18.0 Å². The van der Waals surface area contributed by atoms with E-state index in [0.717, 1.165) is 17.4 Å². The van der Waals surface area contributed by atoms with Crippen LogP contribution in [0, 0.1) is 6.92 Å². The third-order valence-electron chi connectivity index (χ3n) is 5.29. The molecular weight excluding hydrogens is 450 g/mol. The first kappa shape index (κ1) is 25.0. The smallest absolute Gasteiger partial charge is 0.253 e. The molecule has 3 aromatic carbocycles. The van der Waals surface area contributed by atoms with Gasteiger partial charge >= 0.3 is 0 Å². The van der Waals surface area contributed by atoms with Crippen LogP contribution in [0.4, 0.5) is 11.4 Å². The van der Waals surface area contributed by atoms with E-state index in [0.29, 0.717) is 29.9 Å². The van der Waals surface area contributed by atoms with E-state index in [4.69, 9.17) is 0 Å². The Bertz CT molecular complexity index is 1240. The number of hydrogen-bond donors (Lipinski definition) is 2. The minimum Gasteiger partial charge on any atom is -0.348 e. The molecule has 3 aromatic rings. The van der Waals surface area contributed by atoms with Crippen LogP contribution in [0.5, 0.6) is 0 Å². The second-order valence-electron chi connectivity index (χ2n) is 7.99. The Kier molecular flexibility index (Phi) is 8.43. The summed E-state index contributed by atoms with van der Waals surface area (Å²) in [5.74, 6) is -0.580. The zero-order valence-electron chi connectivity index (χ0n) is 19.3. The van der Waals surface area contributed by atoms with Gasteiger partial charge < -0.3 is 10.6 Å². The third kappa shape index (κ3) is 6.92. The van der Waals surface area contributed by atoms with Gasteiger partial charge in [0.1, 0.15) is 0 Å². The predicted octanol–water partition coefficient (Wildman–Crippen LogP) is 4.11. The molecule has 0 heterocycles. The molecule has 0 radical (unpaired) electrons. The van der Waals surface area contributed by atoms with Gasteiger partial charge in [-0.25, -0.2) is 8.42 Å². The summed E-state index contributed by atoms with van der Waals surface area (Å²) in [6.07, 6.45) is 1.59. The largest absolute Gasteiger partial charge is 0.348 e. The van der Waals surface area contributed by atoms with Crippen molar-refractivity contribution in [3.63, 3.8) is 0 Å². The molecule has 0 aromatic heterocycles. The monoisotopic (exact) mass is 479 g/mol. The fraction of sp³-hybridized carbons (Fsp3) is 0.231. The lowest BCUT2D eigenvalue weighted by atomic mass is 10.1. The number of nitrogens with one attached hydrogen (secondary N) is 2. The van der Waals surface area contributed by atoms with Crippen molar-refractivity contribution >= 4 is 33.2 Å². The number of nitrogens with zero attached hydrogens (tertiary/aromatic N) is 1. The average Bonchev–Trinajstić information content (AvgIpc) is 2.81. The Balaban J connectivity index is 1.59. The van der Waals surface area contributed by atoms with Crippen LogP contribution < -0.4 is 14.9 Å². The number of carbonyl (C=O) groups is 2. The first-order chi connectivity index (χ1) is 16.3. The van der Waals surface area contributed by atoms with Crippen LogP contribution in [-0.2, 0) is 21.4 Å².